The molecule has 1 saturated carbocycles. The molecule has 0 aromatic heterocycles. The fourth-order valence-electron chi connectivity index (χ4n) is 5.50. The smallest absolute Gasteiger partial charge is 0.231 e. The maximum absolute atomic E-state index is 11.9. The Morgan fingerprint density at radius 1 is 1.03 bits per heavy atom. The number of rotatable bonds is 8. The maximum atomic E-state index is 11.9. The van der Waals surface area contributed by atoms with Gasteiger partial charge in [-0.3, -0.25) is 4.79 Å². The molecular formula is C24H35NO5S. The van der Waals surface area contributed by atoms with Crippen LogP contribution in [-0.2, 0) is 14.6 Å². The zero-order valence-electron chi connectivity index (χ0n) is 18.6. The number of sulfone groups is 1. The molecular weight excluding hydrogens is 414 g/mol. The van der Waals surface area contributed by atoms with Gasteiger partial charge in [-0.15, -0.1) is 0 Å². The van der Waals surface area contributed by atoms with E-state index in [1.54, 1.807) is 0 Å². The van der Waals surface area contributed by atoms with Crippen molar-refractivity contribution in [3.8, 4) is 11.5 Å². The van der Waals surface area contributed by atoms with Crippen molar-refractivity contribution in [2.45, 2.75) is 57.3 Å². The van der Waals surface area contributed by atoms with Gasteiger partial charge in [-0.05, 0) is 75.6 Å². The van der Waals surface area contributed by atoms with Crippen molar-refractivity contribution < 1.29 is 22.7 Å². The van der Waals surface area contributed by atoms with Crippen LogP contribution in [0.15, 0.2) is 18.2 Å². The fraction of sp³-hybridized carbons (Fsp3) is 0.708. The standard InChI is InChI=1S/C24H35NO5S/c1-31(27,28)16-21(26)15-19-7-5-18(6-8-19)9-12-25-13-10-20(11-14-25)22-3-2-4-23-24(22)30-17-29-23/h2-4,18-20H,5-17H2,1H3. The molecule has 1 saturated heterocycles. The second-order valence-electron chi connectivity index (χ2n) is 9.69. The van der Waals surface area contributed by atoms with Gasteiger partial charge < -0.3 is 14.4 Å². The number of Topliss-reactive ketones (excluding diaryl/α,β-unsaturated/α-hetero) is 1. The topological polar surface area (TPSA) is 72.9 Å². The molecule has 0 amide bonds. The Kier molecular flexibility index (Phi) is 7.22. The van der Waals surface area contributed by atoms with Gasteiger partial charge in [0.25, 0.3) is 0 Å². The molecule has 172 valence electrons. The number of benzene rings is 1. The van der Waals surface area contributed by atoms with E-state index in [1.165, 1.54) is 24.8 Å². The Balaban J connectivity index is 1.15. The van der Waals surface area contributed by atoms with Crippen molar-refractivity contribution in [3.63, 3.8) is 0 Å². The highest BCUT2D eigenvalue weighted by Crippen LogP contribution is 2.42. The Morgan fingerprint density at radius 3 is 2.45 bits per heavy atom. The molecule has 3 aliphatic rings. The third-order valence-electron chi connectivity index (χ3n) is 7.21. The van der Waals surface area contributed by atoms with Crippen LogP contribution in [0.4, 0.5) is 0 Å². The molecule has 1 aliphatic carbocycles. The van der Waals surface area contributed by atoms with Gasteiger partial charge in [-0.1, -0.05) is 25.0 Å². The summed E-state index contributed by atoms with van der Waals surface area (Å²) >= 11 is 0. The summed E-state index contributed by atoms with van der Waals surface area (Å²) < 4.78 is 33.8. The second-order valence-corrected chi connectivity index (χ2v) is 11.8. The molecule has 7 heteroatoms. The Labute approximate surface area is 186 Å². The number of ether oxygens (including phenoxy) is 2. The van der Waals surface area contributed by atoms with E-state index in [9.17, 15) is 13.2 Å². The number of ketones is 1. The number of hydrogen-bond acceptors (Lipinski definition) is 6. The van der Waals surface area contributed by atoms with Gasteiger partial charge in [0.1, 0.15) is 11.5 Å². The lowest BCUT2D eigenvalue weighted by molar-refractivity contribution is -0.117. The van der Waals surface area contributed by atoms with Crippen molar-refractivity contribution in [1.82, 2.24) is 4.90 Å². The van der Waals surface area contributed by atoms with E-state index in [1.807, 2.05) is 6.07 Å². The largest absolute Gasteiger partial charge is 0.454 e. The first-order valence-electron chi connectivity index (χ1n) is 11.7. The zero-order chi connectivity index (χ0) is 21.8. The summed E-state index contributed by atoms with van der Waals surface area (Å²) in [6.45, 7) is 3.75. The summed E-state index contributed by atoms with van der Waals surface area (Å²) in [5.74, 6) is 3.08. The molecule has 2 heterocycles. The van der Waals surface area contributed by atoms with Gasteiger partial charge in [0.05, 0.1) is 0 Å². The number of fused-ring (bicyclic) bond motifs is 1. The van der Waals surface area contributed by atoms with E-state index in [0.29, 0.717) is 25.0 Å². The highest BCUT2D eigenvalue weighted by atomic mass is 32.2. The van der Waals surface area contributed by atoms with Crippen molar-refractivity contribution in [3.05, 3.63) is 23.8 Å². The van der Waals surface area contributed by atoms with Gasteiger partial charge in [-0.2, -0.15) is 0 Å². The molecule has 0 atom stereocenters. The lowest BCUT2D eigenvalue weighted by atomic mass is 9.78. The van der Waals surface area contributed by atoms with E-state index < -0.39 is 9.84 Å². The minimum Gasteiger partial charge on any atom is -0.454 e. The van der Waals surface area contributed by atoms with E-state index in [4.69, 9.17) is 9.47 Å². The first-order chi connectivity index (χ1) is 14.9. The van der Waals surface area contributed by atoms with Crippen molar-refractivity contribution in [1.29, 1.82) is 0 Å². The molecule has 0 unspecified atom stereocenters. The van der Waals surface area contributed by atoms with E-state index in [2.05, 4.69) is 17.0 Å². The number of likely N-dealkylation sites (tertiary alicyclic amines) is 1. The van der Waals surface area contributed by atoms with Gasteiger partial charge in [0.2, 0.25) is 6.79 Å². The summed E-state index contributed by atoms with van der Waals surface area (Å²) in [6, 6.07) is 6.24. The normalized spacial score (nSPS) is 24.9. The highest BCUT2D eigenvalue weighted by molar-refractivity contribution is 7.91. The van der Waals surface area contributed by atoms with Crippen LogP contribution in [0.3, 0.4) is 0 Å². The summed E-state index contributed by atoms with van der Waals surface area (Å²) in [4.78, 5) is 14.5. The number of carbonyl (C=O) groups excluding carboxylic acids is 1. The van der Waals surface area contributed by atoms with Crippen LogP contribution in [-0.4, -0.2) is 57.5 Å². The molecule has 0 spiro atoms. The minimum absolute atomic E-state index is 0.116. The molecule has 4 rings (SSSR count). The fourth-order valence-corrected chi connectivity index (χ4v) is 6.21. The summed E-state index contributed by atoms with van der Waals surface area (Å²) in [5.41, 5.74) is 1.30. The average molecular weight is 450 g/mol. The van der Waals surface area contributed by atoms with Crippen LogP contribution in [0.25, 0.3) is 0 Å². The van der Waals surface area contributed by atoms with Crippen LogP contribution in [0.5, 0.6) is 11.5 Å². The first kappa shape index (κ1) is 22.6. The van der Waals surface area contributed by atoms with Crippen molar-refractivity contribution >= 4 is 15.6 Å². The van der Waals surface area contributed by atoms with Crippen molar-refractivity contribution in [2.75, 3.05) is 38.4 Å². The third kappa shape index (κ3) is 6.22. The van der Waals surface area contributed by atoms with Crippen LogP contribution in [0.1, 0.15) is 62.8 Å². The van der Waals surface area contributed by atoms with Crippen LogP contribution >= 0.6 is 0 Å². The van der Waals surface area contributed by atoms with E-state index >= 15 is 0 Å². The molecule has 2 fully saturated rings. The van der Waals surface area contributed by atoms with Crippen LogP contribution in [0, 0.1) is 11.8 Å². The van der Waals surface area contributed by atoms with Crippen molar-refractivity contribution in [2.24, 2.45) is 11.8 Å². The van der Waals surface area contributed by atoms with Gasteiger partial charge in [0, 0.05) is 18.2 Å². The molecule has 1 aromatic carbocycles. The number of nitrogens with zero attached hydrogens (tertiary/aromatic N) is 1. The van der Waals surface area contributed by atoms with Crippen LogP contribution in [0.2, 0.25) is 0 Å². The minimum atomic E-state index is -3.20. The number of hydrogen-bond donors (Lipinski definition) is 0. The number of piperidine rings is 1. The van der Waals surface area contributed by atoms with E-state index in [-0.39, 0.29) is 11.5 Å². The molecule has 0 bridgehead atoms. The average Bonchev–Trinajstić information content (AvgIpc) is 3.21. The summed E-state index contributed by atoms with van der Waals surface area (Å²) in [7, 11) is -3.20. The Bertz CT molecular complexity index is 868. The highest BCUT2D eigenvalue weighted by Gasteiger charge is 2.28. The third-order valence-corrected chi connectivity index (χ3v) is 8.06. The predicted octanol–water partition coefficient (Wildman–Crippen LogP) is 3.80. The van der Waals surface area contributed by atoms with Gasteiger partial charge in [-0.25, -0.2) is 8.42 Å². The zero-order valence-corrected chi connectivity index (χ0v) is 19.4. The monoisotopic (exact) mass is 449 g/mol. The first-order valence-corrected chi connectivity index (χ1v) is 13.7. The van der Waals surface area contributed by atoms with E-state index in [0.717, 1.165) is 69.0 Å². The molecule has 0 N–H and O–H groups in total. The predicted molar refractivity (Wildman–Crippen MR) is 120 cm³/mol. The number of carbonyl (C=O) groups is 1. The molecule has 31 heavy (non-hydrogen) atoms. The molecule has 2 aliphatic heterocycles. The summed E-state index contributed by atoms with van der Waals surface area (Å²) in [5, 5.41) is 0. The van der Waals surface area contributed by atoms with Gasteiger partial charge in [0.15, 0.2) is 21.3 Å². The Hall–Kier alpha value is -1.60. The SMILES string of the molecule is CS(=O)(=O)CC(=O)CC1CCC(CCN2CCC(c3cccc4c3OCO4)CC2)CC1. The van der Waals surface area contributed by atoms with Gasteiger partial charge >= 0.3 is 0 Å². The molecule has 0 radical (unpaired) electrons. The molecule has 1 aromatic rings. The summed E-state index contributed by atoms with van der Waals surface area (Å²) in [6.07, 6.45) is 9.58. The maximum Gasteiger partial charge on any atom is 0.231 e. The lowest BCUT2D eigenvalue weighted by Gasteiger charge is -2.34. The number of para-hydroxylation sites is 1. The quantitative estimate of drug-likeness (QED) is 0.601. The molecule has 6 nitrogen and oxygen atoms in total. The Morgan fingerprint density at radius 2 is 1.74 bits per heavy atom. The second kappa shape index (κ2) is 9.90. The lowest BCUT2D eigenvalue weighted by Crippen LogP contribution is -2.34. The van der Waals surface area contributed by atoms with Crippen LogP contribution < -0.4 is 9.47 Å².